The first-order valence-corrected chi connectivity index (χ1v) is 8.06. The van der Waals surface area contributed by atoms with Crippen molar-refractivity contribution in [1.29, 1.82) is 0 Å². The van der Waals surface area contributed by atoms with Crippen LogP contribution in [0.4, 0.5) is 5.69 Å². The second-order valence-corrected chi connectivity index (χ2v) is 5.89. The predicted octanol–water partition coefficient (Wildman–Crippen LogP) is 1.15. The van der Waals surface area contributed by atoms with Gasteiger partial charge in [0.25, 0.3) is 0 Å². The third-order valence-corrected chi connectivity index (χ3v) is 3.98. The summed E-state index contributed by atoms with van der Waals surface area (Å²) < 4.78 is 5.58. The molecule has 0 bridgehead atoms. The largest absolute Gasteiger partial charge is 0.492 e. The summed E-state index contributed by atoms with van der Waals surface area (Å²) in [6, 6.07) is 7.41. The molecule has 1 heterocycles. The number of para-hydroxylation sites is 2. The number of hydrogen-bond donors (Lipinski definition) is 2. The van der Waals surface area contributed by atoms with Crippen LogP contribution in [0.5, 0.6) is 5.75 Å². The maximum atomic E-state index is 12.3. The number of nitrogens with two attached hydrogens (primary N) is 1. The first-order valence-electron chi connectivity index (χ1n) is 8.06. The van der Waals surface area contributed by atoms with Crippen LogP contribution in [-0.4, -0.2) is 38.1 Å². The van der Waals surface area contributed by atoms with Gasteiger partial charge in [-0.05, 0) is 31.5 Å². The zero-order valence-electron chi connectivity index (χ0n) is 13.7. The van der Waals surface area contributed by atoms with Crippen LogP contribution in [0.2, 0.25) is 0 Å². The van der Waals surface area contributed by atoms with E-state index < -0.39 is 0 Å². The molecule has 2 unspecified atom stereocenters. The average Bonchev–Trinajstić information content (AvgIpc) is 2.95. The molecule has 0 spiro atoms. The van der Waals surface area contributed by atoms with Gasteiger partial charge in [0.2, 0.25) is 11.8 Å². The Morgan fingerprint density at radius 2 is 2.22 bits per heavy atom. The van der Waals surface area contributed by atoms with Crippen LogP contribution < -0.4 is 20.7 Å². The Morgan fingerprint density at radius 1 is 1.48 bits per heavy atom. The van der Waals surface area contributed by atoms with Crippen molar-refractivity contribution in [2.75, 3.05) is 31.1 Å². The van der Waals surface area contributed by atoms with Gasteiger partial charge in [0.05, 0.1) is 18.2 Å². The zero-order chi connectivity index (χ0) is 16.8. The van der Waals surface area contributed by atoms with Gasteiger partial charge in [-0.1, -0.05) is 19.1 Å². The molecule has 3 N–H and O–H groups in total. The Kier molecular flexibility index (Phi) is 5.98. The maximum absolute atomic E-state index is 12.3. The minimum absolute atomic E-state index is 0.0517. The number of hydrogen-bond acceptors (Lipinski definition) is 4. The first-order chi connectivity index (χ1) is 11.1. The van der Waals surface area contributed by atoms with Gasteiger partial charge in [0.1, 0.15) is 5.75 Å². The molecule has 1 aliphatic heterocycles. The van der Waals surface area contributed by atoms with Crippen molar-refractivity contribution in [3.8, 4) is 5.75 Å². The fourth-order valence-electron chi connectivity index (χ4n) is 2.58. The molecule has 2 rings (SSSR count). The van der Waals surface area contributed by atoms with Crippen molar-refractivity contribution >= 4 is 17.5 Å². The summed E-state index contributed by atoms with van der Waals surface area (Å²) in [4.78, 5) is 26.2. The monoisotopic (exact) mass is 319 g/mol. The van der Waals surface area contributed by atoms with E-state index in [4.69, 9.17) is 10.5 Å². The Balaban J connectivity index is 2.04. The number of rotatable bonds is 7. The number of benzene rings is 1. The molecule has 0 aromatic heterocycles. The minimum Gasteiger partial charge on any atom is -0.492 e. The molecule has 6 nitrogen and oxygen atoms in total. The third-order valence-electron chi connectivity index (χ3n) is 3.98. The SMILES string of the molecule is CCOc1ccccc1N1CC(C(=O)NCC(C)CN)CC1=O. The fourth-order valence-corrected chi connectivity index (χ4v) is 2.58. The summed E-state index contributed by atoms with van der Waals surface area (Å²) in [5.74, 6) is 0.424. The molecule has 6 heteroatoms. The number of nitrogens with zero attached hydrogens (tertiary/aromatic N) is 1. The van der Waals surface area contributed by atoms with Crippen LogP contribution in [0, 0.1) is 11.8 Å². The lowest BCUT2D eigenvalue weighted by Crippen LogP contribution is -2.36. The lowest BCUT2D eigenvalue weighted by atomic mass is 10.1. The van der Waals surface area contributed by atoms with Crippen molar-refractivity contribution in [3.63, 3.8) is 0 Å². The second-order valence-electron chi connectivity index (χ2n) is 5.89. The van der Waals surface area contributed by atoms with Gasteiger partial charge in [-0.2, -0.15) is 0 Å². The van der Waals surface area contributed by atoms with E-state index in [0.29, 0.717) is 32.0 Å². The molecule has 1 aromatic carbocycles. The molecule has 2 amide bonds. The molecule has 1 fully saturated rings. The lowest BCUT2D eigenvalue weighted by Gasteiger charge is -2.20. The van der Waals surface area contributed by atoms with Gasteiger partial charge in [-0.25, -0.2) is 0 Å². The summed E-state index contributed by atoms with van der Waals surface area (Å²) in [5, 5.41) is 2.88. The summed E-state index contributed by atoms with van der Waals surface area (Å²) in [6.45, 7) is 5.85. The van der Waals surface area contributed by atoms with Gasteiger partial charge in [-0.3, -0.25) is 9.59 Å². The van der Waals surface area contributed by atoms with Crippen LogP contribution in [0.1, 0.15) is 20.3 Å². The average molecular weight is 319 g/mol. The van der Waals surface area contributed by atoms with E-state index in [-0.39, 0.29) is 30.1 Å². The zero-order valence-corrected chi connectivity index (χ0v) is 13.7. The predicted molar refractivity (Wildman–Crippen MR) is 89.3 cm³/mol. The van der Waals surface area contributed by atoms with Crippen molar-refractivity contribution in [2.24, 2.45) is 17.6 Å². The minimum atomic E-state index is -0.331. The van der Waals surface area contributed by atoms with Crippen molar-refractivity contribution in [1.82, 2.24) is 5.32 Å². The lowest BCUT2D eigenvalue weighted by molar-refractivity contribution is -0.126. The molecule has 0 radical (unpaired) electrons. The van der Waals surface area contributed by atoms with E-state index in [1.54, 1.807) is 4.90 Å². The highest BCUT2D eigenvalue weighted by atomic mass is 16.5. The number of anilines is 1. The van der Waals surface area contributed by atoms with Crippen molar-refractivity contribution in [3.05, 3.63) is 24.3 Å². The van der Waals surface area contributed by atoms with Gasteiger partial charge in [0.15, 0.2) is 0 Å². The topological polar surface area (TPSA) is 84.7 Å². The molecule has 0 aliphatic carbocycles. The number of carbonyl (C=O) groups excluding carboxylic acids is 2. The molecular formula is C17H25N3O3. The summed E-state index contributed by atoms with van der Waals surface area (Å²) in [5.41, 5.74) is 6.28. The third kappa shape index (κ3) is 4.22. The molecule has 1 aliphatic rings. The van der Waals surface area contributed by atoms with Crippen molar-refractivity contribution in [2.45, 2.75) is 20.3 Å². The van der Waals surface area contributed by atoms with Gasteiger partial charge in [0, 0.05) is 19.5 Å². The number of ether oxygens (including phenoxy) is 1. The van der Waals surface area contributed by atoms with Crippen molar-refractivity contribution < 1.29 is 14.3 Å². The summed E-state index contributed by atoms with van der Waals surface area (Å²) in [7, 11) is 0. The highest BCUT2D eigenvalue weighted by Gasteiger charge is 2.36. The second kappa shape index (κ2) is 7.97. The van der Waals surface area contributed by atoms with Gasteiger partial charge >= 0.3 is 0 Å². The van der Waals surface area contributed by atoms with Crippen LogP contribution in [-0.2, 0) is 9.59 Å². The Labute approximate surface area is 137 Å². The number of amides is 2. The maximum Gasteiger partial charge on any atom is 0.227 e. The first kappa shape index (κ1) is 17.3. The molecule has 126 valence electrons. The van der Waals surface area contributed by atoms with Gasteiger partial charge in [-0.15, -0.1) is 0 Å². The van der Waals surface area contributed by atoms with Gasteiger partial charge < -0.3 is 20.7 Å². The Morgan fingerprint density at radius 3 is 2.91 bits per heavy atom. The van der Waals surface area contributed by atoms with E-state index in [2.05, 4.69) is 5.32 Å². The highest BCUT2D eigenvalue weighted by Crippen LogP contribution is 2.33. The molecule has 0 saturated carbocycles. The van der Waals surface area contributed by atoms with E-state index in [1.807, 2.05) is 38.1 Å². The Hall–Kier alpha value is -2.08. The standard InChI is InChI=1S/C17H25N3O3/c1-3-23-15-7-5-4-6-14(15)20-11-13(8-16(20)21)17(22)19-10-12(2)9-18/h4-7,12-13H,3,8-11,18H2,1-2H3,(H,19,22). The number of nitrogens with one attached hydrogen (secondary N) is 1. The number of carbonyl (C=O) groups is 2. The fraction of sp³-hybridized carbons (Fsp3) is 0.529. The Bertz CT molecular complexity index is 562. The molecule has 2 atom stereocenters. The summed E-state index contributed by atoms with van der Waals surface area (Å²) >= 11 is 0. The quantitative estimate of drug-likeness (QED) is 0.789. The van der Waals surface area contributed by atoms with Crippen LogP contribution in [0.15, 0.2) is 24.3 Å². The van der Waals surface area contributed by atoms with Crippen LogP contribution in [0.25, 0.3) is 0 Å². The van der Waals surface area contributed by atoms with E-state index in [0.717, 1.165) is 5.69 Å². The van der Waals surface area contributed by atoms with Crippen LogP contribution in [0.3, 0.4) is 0 Å². The van der Waals surface area contributed by atoms with E-state index in [9.17, 15) is 9.59 Å². The molecule has 1 saturated heterocycles. The normalized spacial score (nSPS) is 18.8. The highest BCUT2D eigenvalue weighted by molar-refractivity contribution is 6.01. The van der Waals surface area contributed by atoms with E-state index in [1.165, 1.54) is 0 Å². The smallest absolute Gasteiger partial charge is 0.227 e. The molecule has 1 aromatic rings. The molecule has 23 heavy (non-hydrogen) atoms. The van der Waals surface area contributed by atoms with Crippen LogP contribution >= 0.6 is 0 Å². The summed E-state index contributed by atoms with van der Waals surface area (Å²) in [6.07, 6.45) is 0.225. The van der Waals surface area contributed by atoms with E-state index >= 15 is 0 Å². The molecular weight excluding hydrogens is 294 g/mol.